The average molecular weight is 362 g/mol. The molecule has 0 unspecified atom stereocenters. The molecule has 7 heteroatoms. The van der Waals surface area contributed by atoms with Crippen LogP contribution in [0.1, 0.15) is 29.2 Å². The SMILES string of the molecule is CC1=NN(c2ccc(C)cc2)C(=O)/C1=C/c1c(C)c(C#N)c(=O)n(C)c1O. The van der Waals surface area contributed by atoms with Crippen LogP contribution in [-0.4, -0.2) is 21.3 Å². The molecule has 27 heavy (non-hydrogen) atoms. The van der Waals surface area contributed by atoms with Crippen LogP contribution in [0.5, 0.6) is 5.88 Å². The zero-order valence-corrected chi connectivity index (χ0v) is 15.4. The van der Waals surface area contributed by atoms with Crippen molar-refractivity contribution in [1.29, 1.82) is 5.26 Å². The van der Waals surface area contributed by atoms with Gasteiger partial charge in [0.2, 0.25) is 5.88 Å². The molecule has 0 atom stereocenters. The van der Waals surface area contributed by atoms with Crippen molar-refractivity contribution in [3.63, 3.8) is 0 Å². The van der Waals surface area contributed by atoms with Gasteiger partial charge in [-0.3, -0.25) is 14.2 Å². The quantitative estimate of drug-likeness (QED) is 0.829. The smallest absolute Gasteiger partial charge is 0.280 e. The van der Waals surface area contributed by atoms with E-state index >= 15 is 0 Å². The van der Waals surface area contributed by atoms with Crippen molar-refractivity contribution in [2.45, 2.75) is 20.8 Å². The maximum Gasteiger partial charge on any atom is 0.280 e. The fourth-order valence-corrected chi connectivity index (χ4v) is 2.90. The molecular formula is C20H18N4O3. The van der Waals surface area contributed by atoms with Crippen molar-refractivity contribution in [1.82, 2.24) is 4.57 Å². The minimum absolute atomic E-state index is 0.0717. The van der Waals surface area contributed by atoms with Crippen LogP contribution in [0.3, 0.4) is 0 Å². The molecule has 1 aromatic heterocycles. The molecule has 0 saturated heterocycles. The third-order valence-electron chi connectivity index (χ3n) is 4.60. The molecule has 0 radical (unpaired) electrons. The highest BCUT2D eigenvalue weighted by Crippen LogP contribution is 2.29. The van der Waals surface area contributed by atoms with Gasteiger partial charge in [-0.1, -0.05) is 17.7 Å². The summed E-state index contributed by atoms with van der Waals surface area (Å²) < 4.78 is 0.988. The summed E-state index contributed by atoms with van der Waals surface area (Å²) in [6, 6.07) is 9.23. The molecule has 0 aliphatic carbocycles. The Hall–Kier alpha value is -3.66. The highest BCUT2D eigenvalue weighted by atomic mass is 16.3. The number of carbonyl (C=O) groups is 1. The largest absolute Gasteiger partial charge is 0.494 e. The van der Waals surface area contributed by atoms with Gasteiger partial charge in [-0.15, -0.1) is 0 Å². The highest BCUT2D eigenvalue weighted by Gasteiger charge is 2.29. The van der Waals surface area contributed by atoms with Crippen LogP contribution in [0.4, 0.5) is 5.69 Å². The van der Waals surface area contributed by atoms with Crippen LogP contribution in [-0.2, 0) is 11.8 Å². The number of nitrogens with zero attached hydrogens (tertiary/aromatic N) is 4. The summed E-state index contributed by atoms with van der Waals surface area (Å²) in [5, 5.41) is 25.2. The Morgan fingerprint density at radius 1 is 1.15 bits per heavy atom. The van der Waals surface area contributed by atoms with Crippen LogP contribution < -0.4 is 10.6 Å². The number of aryl methyl sites for hydroxylation is 1. The van der Waals surface area contributed by atoms with E-state index in [4.69, 9.17) is 0 Å². The first-order valence-electron chi connectivity index (χ1n) is 8.27. The number of anilines is 1. The summed E-state index contributed by atoms with van der Waals surface area (Å²) in [4.78, 5) is 24.9. The van der Waals surface area contributed by atoms with Crippen LogP contribution in [0.25, 0.3) is 6.08 Å². The van der Waals surface area contributed by atoms with Gasteiger partial charge in [-0.2, -0.15) is 15.4 Å². The van der Waals surface area contributed by atoms with Gasteiger partial charge >= 0.3 is 0 Å². The van der Waals surface area contributed by atoms with Crippen LogP contribution in [0.15, 0.2) is 39.7 Å². The van der Waals surface area contributed by atoms with Gasteiger partial charge in [0.1, 0.15) is 11.6 Å². The number of hydrazone groups is 1. The summed E-state index contributed by atoms with van der Waals surface area (Å²) in [7, 11) is 1.37. The molecule has 3 rings (SSSR count). The summed E-state index contributed by atoms with van der Waals surface area (Å²) in [5.41, 5.74) is 2.38. The van der Waals surface area contributed by atoms with Crippen LogP contribution >= 0.6 is 0 Å². The Kier molecular flexibility index (Phi) is 4.42. The molecule has 2 heterocycles. The average Bonchev–Trinajstić information content (AvgIpc) is 2.92. The summed E-state index contributed by atoms with van der Waals surface area (Å²) >= 11 is 0. The van der Waals surface area contributed by atoms with E-state index in [9.17, 15) is 20.0 Å². The molecule has 136 valence electrons. The van der Waals surface area contributed by atoms with Crippen molar-refractivity contribution < 1.29 is 9.90 Å². The molecule has 2 aromatic rings. The van der Waals surface area contributed by atoms with E-state index in [0.717, 1.165) is 10.1 Å². The lowest BCUT2D eigenvalue weighted by Crippen LogP contribution is -2.23. The molecule has 1 aliphatic heterocycles. The lowest BCUT2D eigenvalue weighted by Gasteiger charge is -2.13. The van der Waals surface area contributed by atoms with Gasteiger partial charge in [-0.25, -0.2) is 0 Å². The number of rotatable bonds is 2. The first-order chi connectivity index (χ1) is 12.8. The standard InChI is InChI=1S/C20H18N4O3/c1-11-5-7-14(8-6-11)24-20(27)16(13(3)22-24)9-15-12(2)17(10-21)19(26)23(4)18(15)25/h5-9,25H,1-4H3/b16-9+. The number of hydrogen-bond donors (Lipinski definition) is 1. The highest BCUT2D eigenvalue weighted by molar-refractivity contribution is 6.32. The van der Waals surface area contributed by atoms with Crippen LogP contribution in [0, 0.1) is 25.2 Å². The number of amides is 1. The Bertz CT molecular complexity index is 1120. The number of benzene rings is 1. The summed E-state index contributed by atoms with van der Waals surface area (Å²) in [6.45, 7) is 5.21. The monoisotopic (exact) mass is 362 g/mol. The van der Waals surface area contributed by atoms with Gasteiger partial charge in [-0.05, 0) is 44.5 Å². The van der Waals surface area contributed by atoms with Gasteiger partial charge in [0.05, 0.1) is 17.0 Å². The van der Waals surface area contributed by atoms with E-state index in [1.165, 1.54) is 18.1 Å². The fraction of sp³-hybridized carbons (Fsp3) is 0.200. The molecule has 0 spiro atoms. The Labute approximate surface area is 156 Å². The molecule has 0 fully saturated rings. The normalized spacial score (nSPS) is 15.2. The number of carbonyl (C=O) groups excluding carboxylic acids is 1. The number of aromatic nitrogens is 1. The molecule has 1 amide bonds. The molecule has 0 saturated carbocycles. The predicted molar refractivity (Wildman–Crippen MR) is 103 cm³/mol. The Balaban J connectivity index is 2.12. The Morgan fingerprint density at radius 3 is 2.37 bits per heavy atom. The zero-order chi connectivity index (χ0) is 19.9. The van der Waals surface area contributed by atoms with Gasteiger partial charge in [0.25, 0.3) is 11.5 Å². The lowest BCUT2D eigenvalue weighted by atomic mass is 10.0. The van der Waals surface area contributed by atoms with E-state index in [1.807, 2.05) is 25.1 Å². The van der Waals surface area contributed by atoms with Crippen LogP contribution in [0.2, 0.25) is 0 Å². The zero-order valence-electron chi connectivity index (χ0n) is 15.4. The molecular weight excluding hydrogens is 344 g/mol. The van der Waals surface area contributed by atoms with Crippen molar-refractivity contribution in [3.8, 4) is 11.9 Å². The van der Waals surface area contributed by atoms with Gasteiger partial charge < -0.3 is 5.11 Å². The number of pyridine rings is 1. The third kappa shape index (κ3) is 2.91. The molecule has 1 aliphatic rings. The minimum atomic E-state index is -0.584. The first kappa shape index (κ1) is 18.1. The van der Waals surface area contributed by atoms with E-state index in [-0.39, 0.29) is 28.5 Å². The van der Waals surface area contributed by atoms with Crippen molar-refractivity contribution in [2.75, 3.05) is 5.01 Å². The fourth-order valence-electron chi connectivity index (χ4n) is 2.90. The second-order valence-electron chi connectivity index (χ2n) is 6.41. The molecule has 7 nitrogen and oxygen atoms in total. The number of aromatic hydroxyl groups is 1. The van der Waals surface area contributed by atoms with Crippen molar-refractivity contribution in [3.05, 3.63) is 62.4 Å². The predicted octanol–water partition coefficient (Wildman–Crippen LogP) is 2.39. The second kappa shape index (κ2) is 6.57. The number of nitriles is 1. The summed E-state index contributed by atoms with van der Waals surface area (Å²) in [6.07, 6.45) is 1.47. The first-order valence-corrected chi connectivity index (χ1v) is 8.27. The van der Waals surface area contributed by atoms with E-state index in [1.54, 1.807) is 26.0 Å². The van der Waals surface area contributed by atoms with Gasteiger partial charge in [0.15, 0.2) is 0 Å². The third-order valence-corrected chi connectivity index (χ3v) is 4.60. The topological polar surface area (TPSA) is 98.7 Å². The minimum Gasteiger partial charge on any atom is -0.494 e. The maximum atomic E-state index is 12.9. The van der Waals surface area contributed by atoms with E-state index < -0.39 is 5.56 Å². The molecule has 1 N–H and O–H groups in total. The Morgan fingerprint density at radius 2 is 1.78 bits per heavy atom. The lowest BCUT2D eigenvalue weighted by molar-refractivity contribution is -0.114. The van der Waals surface area contributed by atoms with E-state index in [2.05, 4.69) is 5.10 Å². The van der Waals surface area contributed by atoms with Crippen molar-refractivity contribution in [2.24, 2.45) is 12.1 Å². The molecule has 0 bridgehead atoms. The second-order valence-corrected chi connectivity index (χ2v) is 6.41. The summed E-state index contributed by atoms with van der Waals surface area (Å²) in [5.74, 6) is -0.652. The van der Waals surface area contributed by atoms with E-state index in [0.29, 0.717) is 17.0 Å². The van der Waals surface area contributed by atoms with Gasteiger partial charge in [0, 0.05) is 12.6 Å². The molecule has 1 aromatic carbocycles. The number of hydrogen-bond acceptors (Lipinski definition) is 5. The maximum absolute atomic E-state index is 12.9. The van der Waals surface area contributed by atoms with Crippen molar-refractivity contribution >= 4 is 23.4 Å².